The quantitative estimate of drug-likeness (QED) is 0.803. The Kier molecular flexibility index (Phi) is 5.58. The van der Waals surface area contributed by atoms with Crippen molar-refractivity contribution in [2.75, 3.05) is 31.5 Å². The van der Waals surface area contributed by atoms with Crippen molar-refractivity contribution >= 4 is 23.3 Å². The summed E-state index contributed by atoms with van der Waals surface area (Å²) in [6, 6.07) is 4.74. The Bertz CT molecular complexity index is 703. The highest BCUT2D eigenvalue weighted by atomic mass is 35.5. The second kappa shape index (κ2) is 7.94. The molecule has 4 unspecified atom stereocenters. The van der Waals surface area contributed by atoms with E-state index in [-0.39, 0.29) is 23.1 Å². The first-order valence-electron chi connectivity index (χ1n) is 10.00. The Balaban J connectivity index is 1.42. The number of urea groups is 1. The van der Waals surface area contributed by atoms with Crippen molar-refractivity contribution in [1.82, 2.24) is 9.80 Å². The summed E-state index contributed by atoms with van der Waals surface area (Å²) in [7, 11) is 0. The van der Waals surface area contributed by atoms with Crippen LogP contribution in [-0.4, -0.2) is 54.1 Å². The Hall–Kier alpha value is -1.37. The van der Waals surface area contributed by atoms with E-state index in [4.69, 9.17) is 17.3 Å². The van der Waals surface area contributed by atoms with Gasteiger partial charge < -0.3 is 16.0 Å². The molecular formula is C20H28ClFN4O. The number of fused-ring (bicyclic) bond motifs is 1. The second-order valence-corrected chi connectivity index (χ2v) is 8.73. The van der Waals surface area contributed by atoms with Crippen LogP contribution in [0.4, 0.5) is 14.9 Å². The number of amides is 2. The van der Waals surface area contributed by atoms with E-state index >= 15 is 0 Å². The molecule has 1 heterocycles. The fraction of sp³-hybridized carbons (Fsp3) is 0.650. The van der Waals surface area contributed by atoms with E-state index < -0.39 is 5.82 Å². The highest BCUT2D eigenvalue weighted by Gasteiger charge is 2.44. The normalized spacial score (nSPS) is 30.0. The Morgan fingerprint density at radius 2 is 2.15 bits per heavy atom. The first-order valence-corrected chi connectivity index (χ1v) is 10.4. The number of halogens is 2. The van der Waals surface area contributed by atoms with Gasteiger partial charge in [-0.1, -0.05) is 11.6 Å². The van der Waals surface area contributed by atoms with E-state index in [0.29, 0.717) is 12.2 Å². The number of carbonyl (C=O) groups is 1. The van der Waals surface area contributed by atoms with Gasteiger partial charge in [-0.15, -0.1) is 0 Å². The van der Waals surface area contributed by atoms with Gasteiger partial charge >= 0.3 is 6.03 Å². The molecule has 1 aromatic rings. The molecule has 1 aliphatic heterocycles. The number of nitrogens with two attached hydrogens (primary N) is 1. The maximum Gasteiger partial charge on any atom is 0.322 e. The minimum Gasteiger partial charge on any atom is -0.326 e. The zero-order chi connectivity index (χ0) is 19.0. The van der Waals surface area contributed by atoms with Crippen LogP contribution >= 0.6 is 11.6 Å². The van der Waals surface area contributed by atoms with Gasteiger partial charge in [-0.05, 0) is 68.7 Å². The van der Waals surface area contributed by atoms with Crippen LogP contribution in [-0.2, 0) is 0 Å². The number of likely N-dealkylation sites (tertiary alicyclic amines) is 1. The molecule has 2 amide bonds. The van der Waals surface area contributed by atoms with Gasteiger partial charge in [0, 0.05) is 37.4 Å². The SMILES string of the molecule is NC1CCN(CCN(C(=O)Nc2ccc(Cl)c(F)c2)C2CCC3CC3C2)C1. The third kappa shape index (κ3) is 4.55. The van der Waals surface area contributed by atoms with Gasteiger partial charge in [-0.2, -0.15) is 0 Å². The lowest BCUT2D eigenvalue weighted by molar-refractivity contribution is 0.153. The van der Waals surface area contributed by atoms with E-state index in [9.17, 15) is 9.18 Å². The molecule has 4 rings (SSSR count). The van der Waals surface area contributed by atoms with Gasteiger partial charge in [0.25, 0.3) is 0 Å². The lowest BCUT2D eigenvalue weighted by atomic mass is 9.94. The average Bonchev–Trinajstić information content (AvgIpc) is 3.30. The topological polar surface area (TPSA) is 61.6 Å². The standard InChI is InChI=1S/C20H28ClFN4O/c21-18-4-2-16(11-19(18)22)24-20(27)26(8-7-25-6-5-15(23)12-25)17-3-1-13-9-14(13)10-17/h2,4,11,13-15,17H,1,3,5-10,12,23H2,(H,24,27). The van der Waals surface area contributed by atoms with Crippen LogP contribution in [0.25, 0.3) is 0 Å². The van der Waals surface area contributed by atoms with Crippen LogP contribution in [0.2, 0.25) is 5.02 Å². The first-order chi connectivity index (χ1) is 13.0. The fourth-order valence-corrected chi connectivity index (χ4v) is 4.76. The number of carbonyl (C=O) groups excluding carboxylic acids is 1. The summed E-state index contributed by atoms with van der Waals surface area (Å²) in [5.41, 5.74) is 6.45. The average molecular weight is 395 g/mol. The summed E-state index contributed by atoms with van der Waals surface area (Å²) in [5, 5.41) is 2.92. The van der Waals surface area contributed by atoms with Crippen LogP contribution in [0.1, 0.15) is 32.1 Å². The fourth-order valence-electron chi connectivity index (χ4n) is 4.64. The second-order valence-electron chi connectivity index (χ2n) is 8.32. The molecule has 0 aromatic heterocycles. The lowest BCUT2D eigenvalue weighted by Crippen LogP contribution is -2.47. The van der Waals surface area contributed by atoms with Gasteiger partial charge in [0.2, 0.25) is 0 Å². The molecule has 5 nitrogen and oxygen atoms in total. The van der Waals surface area contributed by atoms with Crippen LogP contribution in [0.15, 0.2) is 18.2 Å². The van der Waals surface area contributed by atoms with E-state index in [2.05, 4.69) is 10.2 Å². The largest absolute Gasteiger partial charge is 0.326 e. The van der Waals surface area contributed by atoms with E-state index in [1.54, 1.807) is 6.07 Å². The van der Waals surface area contributed by atoms with Gasteiger partial charge in [0.05, 0.1) is 5.02 Å². The van der Waals surface area contributed by atoms with E-state index in [0.717, 1.165) is 50.7 Å². The highest BCUT2D eigenvalue weighted by molar-refractivity contribution is 6.30. The molecule has 3 N–H and O–H groups in total. The number of anilines is 1. The molecule has 1 aromatic carbocycles. The van der Waals surface area contributed by atoms with Crippen molar-refractivity contribution in [3.05, 3.63) is 29.0 Å². The van der Waals surface area contributed by atoms with E-state index in [1.165, 1.54) is 25.0 Å². The minimum atomic E-state index is -0.523. The maximum absolute atomic E-state index is 13.7. The number of nitrogens with zero attached hydrogens (tertiary/aromatic N) is 2. The summed E-state index contributed by atoms with van der Waals surface area (Å²) in [6.07, 6.45) is 5.69. The van der Waals surface area contributed by atoms with Crippen LogP contribution < -0.4 is 11.1 Å². The summed E-state index contributed by atoms with van der Waals surface area (Å²) in [4.78, 5) is 17.3. The summed E-state index contributed by atoms with van der Waals surface area (Å²) < 4.78 is 13.7. The maximum atomic E-state index is 13.7. The molecule has 3 fully saturated rings. The molecule has 3 aliphatic rings. The van der Waals surface area contributed by atoms with Crippen molar-refractivity contribution in [2.24, 2.45) is 17.6 Å². The number of hydrogen-bond donors (Lipinski definition) is 2. The molecule has 4 atom stereocenters. The summed E-state index contributed by atoms with van der Waals surface area (Å²) in [6.45, 7) is 3.40. The van der Waals surface area contributed by atoms with Gasteiger partial charge in [-0.25, -0.2) is 9.18 Å². The third-order valence-electron chi connectivity index (χ3n) is 6.35. The zero-order valence-corrected chi connectivity index (χ0v) is 16.3. The molecule has 2 saturated carbocycles. The first kappa shape index (κ1) is 19.0. The Morgan fingerprint density at radius 3 is 2.85 bits per heavy atom. The molecule has 7 heteroatoms. The summed E-state index contributed by atoms with van der Waals surface area (Å²) >= 11 is 5.74. The predicted molar refractivity (Wildman–Crippen MR) is 105 cm³/mol. The van der Waals surface area contributed by atoms with E-state index in [1.807, 2.05) is 4.90 Å². The number of nitrogens with one attached hydrogen (secondary N) is 1. The molecule has 148 valence electrons. The van der Waals surface area contributed by atoms with Crippen LogP contribution in [0.5, 0.6) is 0 Å². The van der Waals surface area contributed by atoms with Crippen molar-refractivity contribution < 1.29 is 9.18 Å². The van der Waals surface area contributed by atoms with Crippen LogP contribution in [0.3, 0.4) is 0 Å². The molecule has 0 spiro atoms. The number of hydrogen-bond acceptors (Lipinski definition) is 3. The van der Waals surface area contributed by atoms with Gasteiger partial charge in [0.1, 0.15) is 5.82 Å². The minimum absolute atomic E-state index is 0.0577. The molecule has 0 radical (unpaired) electrons. The highest BCUT2D eigenvalue weighted by Crippen LogP contribution is 2.50. The molecule has 2 aliphatic carbocycles. The third-order valence-corrected chi connectivity index (χ3v) is 6.66. The van der Waals surface area contributed by atoms with Crippen molar-refractivity contribution in [3.8, 4) is 0 Å². The molecular weight excluding hydrogens is 367 g/mol. The van der Waals surface area contributed by atoms with Crippen molar-refractivity contribution in [3.63, 3.8) is 0 Å². The van der Waals surface area contributed by atoms with Crippen LogP contribution in [0, 0.1) is 17.7 Å². The zero-order valence-electron chi connectivity index (χ0n) is 15.5. The molecule has 27 heavy (non-hydrogen) atoms. The number of benzene rings is 1. The molecule has 1 saturated heterocycles. The van der Waals surface area contributed by atoms with Crippen molar-refractivity contribution in [2.45, 2.75) is 44.2 Å². The van der Waals surface area contributed by atoms with Gasteiger partial charge in [0.15, 0.2) is 0 Å². The lowest BCUT2D eigenvalue weighted by Gasteiger charge is -2.35. The monoisotopic (exact) mass is 394 g/mol. The molecule has 0 bridgehead atoms. The van der Waals surface area contributed by atoms with Crippen molar-refractivity contribution in [1.29, 1.82) is 0 Å². The predicted octanol–water partition coefficient (Wildman–Crippen LogP) is 3.53. The smallest absolute Gasteiger partial charge is 0.322 e. The van der Waals surface area contributed by atoms with Gasteiger partial charge in [-0.3, -0.25) is 4.90 Å². The number of rotatable bonds is 5. The Labute approximate surface area is 165 Å². The summed E-state index contributed by atoms with van der Waals surface area (Å²) in [5.74, 6) is 1.14. The Morgan fingerprint density at radius 1 is 1.30 bits per heavy atom.